The SMILES string of the molecule is O=C(O)C1CCN(C(=O)N[C@@H]2C[C@H]2c2cccc(Cl)c2)CC1. The summed E-state index contributed by atoms with van der Waals surface area (Å²) in [6.07, 6.45) is 1.99. The van der Waals surface area contributed by atoms with Gasteiger partial charge in [-0.15, -0.1) is 0 Å². The predicted octanol–water partition coefficient (Wildman–Crippen LogP) is 2.70. The van der Waals surface area contributed by atoms with Gasteiger partial charge in [-0.2, -0.15) is 0 Å². The van der Waals surface area contributed by atoms with Crippen LogP contribution in [-0.2, 0) is 4.79 Å². The molecule has 1 aliphatic heterocycles. The van der Waals surface area contributed by atoms with E-state index in [0.29, 0.717) is 36.9 Å². The summed E-state index contributed by atoms with van der Waals surface area (Å²) in [6, 6.07) is 7.80. The first-order valence-corrected chi connectivity index (χ1v) is 7.96. The molecule has 2 amide bonds. The second kappa shape index (κ2) is 6.16. The number of urea groups is 1. The fourth-order valence-electron chi connectivity index (χ4n) is 3.04. The van der Waals surface area contributed by atoms with Gasteiger partial charge in [-0.05, 0) is 37.0 Å². The summed E-state index contributed by atoms with van der Waals surface area (Å²) in [5, 5.41) is 12.7. The van der Waals surface area contributed by atoms with E-state index < -0.39 is 5.97 Å². The molecule has 0 aromatic heterocycles. The van der Waals surface area contributed by atoms with E-state index >= 15 is 0 Å². The molecule has 0 spiro atoms. The Morgan fingerprint density at radius 1 is 1.27 bits per heavy atom. The normalized spacial score (nSPS) is 24.9. The predicted molar refractivity (Wildman–Crippen MR) is 83.1 cm³/mol. The molecule has 22 heavy (non-hydrogen) atoms. The van der Waals surface area contributed by atoms with Crippen LogP contribution in [0, 0.1) is 5.92 Å². The number of halogens is 1. The molecule has 2 atom stereocenters. The molecule has 3 rings (SSSR count). The molecule has 1 saturated carbocycles. The van der Waals surface area contributed by atoms with E-state index in [4.69, 9.17) is 16.7 Å². The van der Waals surface area contributed by atoms with Crippen molar-refractivity contribution < 1.29 is 14.7 Å². The molecule has 0 bridgehead atoms. The maximum absolute atomic E-state index is 12.2. The van der Waals surface area contributed by atoms with Crippen LogP contribution in [0.5, 0.6) is 0 Å². The molecule has 1 heterocycles. The Kier molecular flexibility index (Phi) is 4.25. The fourth-order valence-corrected chi connectivity index (χ4v) is 3.24. The molecule has 1 aromatic carbocycles. The molecule has 6 heteroatoms. The van der Waals surface area contributed by atoms with Crippen molar-refractivity contribution in [3.8, 4) is 0 Å². The number of carbonyl (C=O) groups is 2. The lowest BCUT2D eigenvalue weighted by Gasteiger charge is -2.30. The Morgan fingerprint density at radius 3 is 2.64 bits per heavy atom. The van der Waals surface area contributed by atoms with Crippen molar-refractivity contribution in [1.82, 2.24) is 10.2 Å². The summed E-state index contributed by atoms with van der Waals surface area (Å²) in [4.78, 5) is 24.8. The van der Waals surface area contributed by atoms with Crippen molar-refractivity contribution in [2.75, 3.05) is 13.1 Å². The number of nitrogens with one attached hydrogen (secondary N) is 1. The van der Waals surface area contributed by atoms with Gasteiger partial charge in [0.05, 0.1) is 5.92 Å². The number of carboxylic acid groups (broad SMARTS) is 1. The Hall–Kier alpha value is -1.75. The highest BCUT2D eigenvalue weighted by Gasteiger charge is 2.40. The van der Waals surface area contributed by atoms with Crippen molar-refractivity contribution in [1.29, 1.82) is 0 Å². The highest BCUT2D eigenvalue weighted by Crippen LogP contribution is 2.41. The zero-order valence-corrected chi connectivity index (χ0v) is 12.9. The summed E-state index contributed by atoms with van der Waals surface area (Å²) in [6.45, 7) is 1.02. The minimum atomic E-state index is -0.761. The highest BCUT2D eigenvalue weighted by molar-refractivity contribution is 6.30. The molecule has 1 saturated heterocycles. The van der Waals surface area contributed by atoms with Gasteiger partial charge in [0, 0.05) is 30.1 Å². The van der Waals surface area contributed by atoms with Crippen LogP contribution in [0.3, 0.4) is 0 Å². The molecule has 1 aromatic rings. The smallest absolute Gasteiger partial charge is 0.317 e. The fraction of sp³-hybridized carbons (Fsp3) is 0.500. The number of aliphatic carboxylic acids is 1. The number of rotatable bonds is 3. The summed E-state index contributed by atoms with van der Waals surface area (Å²) in [5.41, 5.74) is 1.15. The number of carbonyl (C=O) groups excluding carboxylic acids is 1. The largest absolute Gasteiger partial charge is 0.481 e. The van der Waals surface area contributed by atoms with Crippen molar-refractivity contribution in [2.24, 2.45) is 5.92 Å². The van der Waals surface area contributed by atoms with Crippen LogP contribution in [0.1, 0.15) is 30.7 Å². The van der Waals surface area contributed by atoms with Crippen LogP contribution < -0.4 is 5.32 Å². The molecule has 5 nitrogen and oxygen atoms in total. The zero-order valence-electron chi connectivity index (χ0n) is 12.2. The van der Waals surface area contributed by atoms with Crippen molar-refractivity contribution in [3.05, 3.63) is 34.9 Å². The lowest BCUT2D eigenvalue weighted by atomic mass is 9.97. The van der Waals surface area contributed by atoms with Gasteiger partial charge in [-0.25, -0.2) is 4.79 Å². The van der Waals surface area contributed by atoms with E-state index in [1.54, 1.807) is 4.90 Å². The number of hydrogen-bond donors (Lipinski definition) is 2. The van der Waals surface area contributed by atoms with Crippen molar-refractivity contribution in [2.45, 2.75) is 31.2 Å². The maximum atomic E-state index is 12.2. The molecular weight excluding hydrogens is 304 g/mol. The summed E-state index contributed by atoms with van der Waals surface area (Å²) < 4.78 is 0. The molecule has 2 aliphatic rings. The quantitative estimate of drug-likeness (QED) is 0.899. The zero-order chi connectivity index (χ0) is 15.7. The Balaban J connectivity index is 1.49. The van der Waals surface area contributed by atoms with E-state index in [1.807, 2.05) is 24.3 Å². The van der Waals surface area contributed by atoms with Gasteiger partial charge in [-0.3, -0.25) is 4.79 Å². The molecule has 1 aliphatic carbocycles. The number of amides is 2. The number of carboxylic acids is 1. The molecule has 0 radical (unpaired) electrons. The van der Waals surface area contributed by atoms with E-state index in [1.165, 1.54) is 0 Å². The van der Waals surface area contributed by atoms with Gasteiger partial charge in [0.2, 0.25) is 0 Å². The second-order valence-corrected chi connectivity index (χ2v) is 6.49. The van der Waals surface area contributed by atoms with Crippen molar-refractivity contribution in [3.63, 3.8) is 0 Å². The first-order valence-electron chi connectivity index (χ1n) is 7.58. The van der Waals surface area contributed by atoms with E-state index in [9.17, 15) is 9.59 Å². The van der Waals surface area contributed by atoms with Crippen molar-refractivity contribution >= 4 is 23.6 Å². The summed E-state index contributed by atoms with van der Waals surface area (Å²) in [7, 11) is 0. The maximum Gasteiger partial charge on any atom is 0.317 e. The monoisotopic (exact) mass is 322 g/mol. The van der Waals surface area contributed by atoms with Gasteiger partial charge in [0.15, 0.2) is 0 Å². The van der Waals surface area contributed by atoms with Gasteiger partial charge < -0.3 is 15.3 Å². The second-order valence-electron chi connectivity index (χ2n) is 6.05. The Morgan fingerprint density at radius 2 is 2.00 bits per heavy atom. The van der Waals surface area contributed by atoms with Crippen LogP contribution >= 0.6 is 11.6 Å². The topological polar surface area (TPSA) is 69.6 Å². The van der Waals surface area contributed by atoms with E-state index in [2.05, 4.69) is 5.32 Å². The Bertz CT molecular complexity index is 585. The van der Waals surface area contributed by atoms with Gasteiger partial charge in [0.1, 0.15) is 0 Å². The van der Waals surface area contributed by atoms with E-state index in [0.717, 1.165) is 12.0 Å². The molecule has 118 valence electrons. The highest BCUT2D eigenvalue weighted by atomic mass is 35.5. The van der Waals surface area contributed by atoms with Crippen LogP contribution in [0.15, 0.2) is 24.3 Å². The summed E-state index contributed by atoms with van der Waals surface area (Å²) in [5.74, 6) is -0.744. The standard InChI is InChI=1S/C16H19ClN2O3/c17-12-3-1-2-11(8-12)13-9-14(13)18-16(22)19-6-4-10(5-7-19)15(20)21/h1-3,8,10,13-14H,4-7,9H2,(H,18,22)(H,20,21)/t13-,14+/m0/s1. The number of likely N-dealkylation sites (tertiary alicyclic amines) is 1. The lowest BCUT2D eigenvalue weighted by Crippen LogP contribution is -2.46. The number of benzene rings is 1. The minimum Gasteiger partial charge on any atom is -0.481 e. The van der Waals surface area contributed by atoms with Crippen LogP contribution in [0.25, 0.3) is 0 Å². The molecule has 0 unspecified atom stereocenters. The molecule has 2 fully saturated rings. The average Bonchev–Trinajstić information content (AvgIpc) is 3.26. The lowest BCUT2D eigenvalue weighted by molar-refractivity contribution is -0.143. The first-order chi connectivity index (χ1) is 10.5. The molecule has 2 N–H and O–H groups in total. The van der Waals surface area contributed by atoms with Crippen LogP contribution in [0.2, 0.25) is 5.02 Å². The third kappa shape index (κ3) is 3.35. The third-order valence-corrected chi connectivity index (χ3v) is 4.74. The number of piperidine rings is 1. The third-order valence-electron chi connectivity index (χ3n) is 4.51. The number of nitrogens with zero attached hydrogens (tertiary/aromatic N) is 1. The van der Waals surface area contributed by atoms with E-state index in [-0.39, 0.29) is 18.0 Å². The first kappa shape index (κ1) is 15.2. The summed E-state index contributed by atoms with van der Waals surface area (Å²) >= 11 is 5.99. The van der Waals surface area contributed by atoms with Crippen LogP contribution in [0.4, 0.5) is 4.79 Å². The van der Waals surface area contributed by atoms with Gasteiger partial charge >= 0.3 is 12.0 Å². The number of hydrogen-bond acceptors (Lipinski definition) is 2. The van der Waals surface area contributed by atoms with Gasteiger partial charge in [0.25, 0.3) is 0 Å². The van der Waals surface area contributed by atoms with Crippen LogP contribution in [-0.4, -0.2) is 41.1 Å². The van der Waals surface area contributed by atoms with Gasteiger partial charge in [-0.1, -0.05) is 23.7 Å². The average molecular weight is 323 g/mol. The minimum absolute atomic E-state index is 0.0848. The molecular formula is C16H19ClN2O3. The Labute approximate surface area is 134 Å².